The highest BCUT2D eigenvalue weighted by molar-refractivity contribution is 6.18. The third-order valence-electron chi connectivity index (χ3n) is 3.95. The Hall–Kier alpha value is 0.420. The summed E-state index contributed by atoms with van der Waals surface area (Å²) in [6.07, 6.45) is 3.18. The highest BCUT2D eigenvalue weighted by atomic mass is 35.5. The zero-order valence-electron chi connectivity index (χ0n) is 10.2. The van der Waals surface area contributed by atoms with Crippen molar-refractivity contribution in [1.29, 1.82) is 0 Å². The lowest BCUT2D eigenvalue weighted by molar-refractivity contribution is -0.257. The Balaban J connectivity index is 1.58. The average molecular weight is 297 g/mol. The molecule has 104 valence electrons. The van der Waals surface area contributed by atoms with Crippen LogP contribution in [0.15, 0.2) is 0 Å². The number of hydrogen-bond donors (Lipinski definition) is 0. The van der Waals surface area contributed by atoms with Gasteiger partial charge in [0.05, 0.1) is 37.2 Å². The molecule has 1 aliphatic carbocycles. The summed E-state index contributed by atoms with van der Waals surface area (Å²) in [5, 5.41) is 0. The van der Waals surface area contributed by atoms with E-state index in [2.05, 4.69) is 0 Å². The number of ether oxygens (including phenoxy) is 4. The molecule has 6 heteroatoms. The maximum Gasteiger partial charge on any atom is 0.169 e. The number of halogens is 2. The van der Waals surface area contributed by atoms with Crippen molar-refractivity contribution in [3.8, 4) is 0 Å². The second-order valence-corrected chi connectivity index (χ2v) is 5.85. The number of rotatable bonds is 2. The van der Waals surface area contributed by atoms with Crippen LogP contribution >= 0.6 is 23.2 Å². The molecule has 0 aromatic rings. The van der Waals surface area contributed by atoms with Crippen LogP contribution in [0.5, 0.6) is 0 Å². The first-order valence-corrected chi connectivity index (χ1v) is 7.52. The zero-order chi connectivity index (χ0) is 12.6. The second kappa shape index (κ2) is 5.08. The van der Waals surface area contributed by atoms with Gasteiger partial charge in [-0.15, -0.1) is 23.2 Å². The Morgan fingerprint density at radius 3 is 1.44 bits per heavy atom. The second-order valence-electron chi connectivity index (χ2n) is 5.23. The highest BCUT2D eigenvalue weighted by Crippen LogP contribution is 2.46. The van der Waals surface area contributed by atoms with Crippen molar-refractivity contribution < 1.29 is 18.9 Å². The van der Waals surface area contributed by atoms with Crippen LogP contribution in [-0.2, 0) is 18.9 Å². The van der Waals surface area contributed by atoms with E-state index in [0.717, 1.165) is 25.7 Å². The fraction of sp³-hybridized carbons (Fsp3) is 1.00. The molecule has 2 unspecified atom stereocenters. The van der Waals surface area contributed by atoms with Gasteiger partial charge in [0.2, 0.25) is 0 Å². The Kier molecular flexibility index (Phi) is 3.78. The molecule has 3 rings (SSSR count). The van der Waals surface area contributed by atoms with Gasteiger partial charge in [0.1, 0.15) is 0 Å². The van der Waals surface area contributed by atoms with Gasteiger partial charge >= 0.3 is 0 Å². The van der Waals surface area contributed by atoms with Crippen molar-refractivity contribution in [2.45, 2.75) is 49.5 Å². The molecule has 4 nitrogen and oxygen atoms in total. The molecule has 0 aromatic heterocycles. The van der Waals surface area contributed by atoms with E-state index in [-0.39, 0.29) is 12.2 Å². The molecule has 3 aliphatic rings. The molecule has 0 aromatic carbocycles. The summed E-state index contributed by atoms with van der Waals surface area (Å²) in [6, 6.07) is 0. The van der Waals surface area contributed by atoms with E-state index in [1.54, 1.807) is 0 Å². The van der Waals surface area contributed by atoms with Crippen molar-refractivity contribution in [1.82, 2.24) is 0 Å². The molecule has 2 spiro atoms. The van der Waals surface area contributed by atoms with Crippen molar-refractivity contribution in [3.05, 3.63) is 0 Å². The summed E-state index contributed by atoms with van der Waals surface area (Å²) in [4.78, 5) is 0. The Bertz CT molecular complexity index is 274. The molecule has 2 heterocycles. The van der Waals surface area contributed by atoms with Crippen LogP contribution in [0.3, 0.4) is 0 Å². The Morgan fingerprint density at radius 1 is 0.778 bits per heavy atom. The van der Waals surface area contributed by atoms with E-state index in [1.165, 1.54) is 0 Å². The number of hydrogen-bond acceptors (Lipinski definition) is 4. The first-order valence-electron chi connectivity index (χ1n) is 6.45. The predicted octanol–water partition coefficient (Wildman–Crippen LogP) is 2.26. The third kappa shape index (κ3) is 2.39. The van der Waals surface area contributed by atoms with Crippen LogP contribution in [-0.4, -0.2) is 48.8 Å². The molecule has 0 N–H and O–H groups in total. The molecular weight excluding hydrogens is 279 g/mol. The van der Waals surface area contributed by atoms with E-state index < -0.39 is 11.6 Å². The van der Waals surface area contributed by atoms with Crippen LogP contribution in [0.2, 0.25) is 0 Å². The molecule has 18 heavy (non-hydrogen) atoms. The topological polar surface area (TPSA) is 36.9 Å². The lowest BCUT2D eigenvalue weighted by atomic mass is 9.89. The summed E-state index contributed by atoms with van der Waals surface area (Å²) in [7, 11) is 0. The SMILES string of the molecule is ClCC1COC2(CCC3(CC2)OCC(CCl)O3)O1. The molecule has 2 atom stereocenters. The largest absolute Gasteiger partial charge is 0.347 e. The first-order chi connectivity index (χ1) is 8.69. The monoisotopic (exact) mass is 296 g/mol. The fourth-order valence-electron chi connectivity index (χ4n) is 2.92. The highest BCUT2D eigenvalue weighted by Gasteiger charge is 2.52. The summed E-state index contributed by atoms with van der Waals surface area (Å²) < 4.78 is 23.4. The normalized spacial score (nSPS) is 48.3. The van der Waals surface area contributed by atoms with E-state index in [0.29, 0.717) is 25.0 Å². The zero-order valence-corrected chi connectivity index (χ0v) is 11.7. The summed E-state index contributed by atoms with van der Waals surface area (Å²) in [6.45, 7) is 1.17. The van der Waals surface area contributed by atoms with Crippen molar-refractivity contribution >= 4 is 23.2 Å². The third-order valence-corrected chi connectivity index (χ3v) is 4.63. The molecule has 3 fully saturated rings. The quantitative estimate of drug-likeness (QED) is 0.733. The molecule has 0 radical (unpaired) electrons. The van der Waals surface area contributed by atoms with Gasteiger partial charge in [-0.25, -0.2) is 0 Å². The lowest BCUT2D eigenvalue weighted by Gasteiger charge is -2.40. The van der Waals surface area contributed by atoms with Crippen LogP contribution < -0.4 is 0 Å². The van der Waals surface area contributed by atoms with Gasteiger partial charge in [0.25, 0.3) is 0 Å². The first kappa shape index (κ1) is 13.4. The van der Waals surface area contributed by atoms with Crippen LogP contribution in [0.25, 0.3) is 0 Å². The molecular formula is C12H18Cl2O4. The number of alkyl halides is 2. The van der Waals surface area contributed by atoms with E-state index in [1.807, 2.05) is 0 Å². The van der Waals surface area contributed by atoms with Crippen molar-refractivity contribution in [2.75, 3.05) is 25.0 Å². The van der Waals surface area contributed by atoms with E-state index in [9.17, 15) is 0 Å². The van der Waals surface area contributed by atoms with Crippen LogP contribution in [0, 0.1) is 0 Å². The molecule has 2 aliphatic heterocycles. The smallest absolute Gasteiger partial charge is 0.169 e. The molecule has 1 saturated carbocycles. The minimum Gasteiger partial charge on any atom is -0.347 e. The molecule has 0 amide bonds. The van der Waals surface area contributed by atoms with Crippen molar-refractivity contribution in [2.24, 2.45) is 0 Å². The minimum atomic E-state index is -0.462. The summed E-state index contributed by atoms with van der Waals surface area (Å²) in [5.74, 6) is 0.0373. The summed E-state index contributed by atoms with van der Waals surface area (Å²) in [5.41, 5.74) is 0. The van der Waals surface area contributed by atoms with Gasteiger partial charge in [-0.05, 0) is 0 Å². The summed E-state index contributed by atoms with van der Waals surface area (Å²) >= 11 is 11.6. The molecule has 0 bridgehead atoms. The van der Waals surface area contributed by atoms with E-state index in [4.69, 9.17) is 42.1 Å². The molecule has 2 saturated heterocycles. The standard InChI is InChI=1S/C12H18Cl2O4/c13-5-9-7-15-11(17-9)1-2-12(4-3-11)16-8-10(6-14)18-12/h9-10H,1-8H2. The van der Waals surface area contributed by atoms with Gasteiger partial charge in [-0.3, -0.25) is 0 Å². The Morgan fingerprint density at radius 2 is 1.17 bits per heavy atom. The maximum absolute atomic E-state index is 5.90. The van der Waals surface area contributed by atoms with Crippen LogP contribution in [0.1, 0.15) is 25.7 Å². The fourth-order valence-corrected chi connectivity index (χ4v) is 3.23. The van der Waals surface area contributed by atoms with Gasteiger partial charge in [-0.1, -0.05) is 0 Å². The Labute approximate surface area is 117 Å². The van der Waals surface area contributed by atoms with Gasteiger partial charge in [-0.2, -0.15) is 0 Å². The van der Waals surface area contributed by atoms with E-state index >= 15 is 0 Å². The maximum atomic E-state index is 5.90. The van der Waals surface area contributed by atoms with Gasteiger partial charge < -0.3 is 18.9 Å². The average Bonchev–Trinajstić information content (AvgIpc) is 2.99. The minimum absolute atomic E-state index is 0.0155. The lowest BCUT2D eigenvalue weighted by Crippen LogP contribution is -2.45. The predicted molar refractivity (Wildman–Crippen MR) is 67.0 cm³/mol. The van der Waals surface area contributed by atoms with Gasteiger partial charge in [0, 0.05) is 25.7 Å². The van der Waals surface area contributed by atoms with Crippen molar-refractivity contribution in [3.63, 3.8) is 0 Å². The van der Waals surface area contributed by atoms with Gasteiger partial charge in [0.15, 0.2) is 11.6 Å². The van der Waals surface area contributed by atoms with Crippen LogP contribution in [0.4, 0.5) is 0 Å².